The van der Waals surface area contributed by atoms with Crippen molar-refractivity contribution in [2.75, 3.05) is 18.5 Å². The number of anilines is 1. The van der Waals surface area contributed by atoms with Crippen molar-refractivity contribution in [1.82, 2.24) is 9.97 Å². The predicted molar refractivity (Wildman–Crippen MR) is 149 cm³/mol. The second-order valence-electron chi connectivity index (χ2n) is 11.3. The highest BCUT2D eigenvalue weighted by Crippen LogP contribution is 2.41. The fourth-order valence-electron chi connectivity index (χ4n) is 5.83. The number of nitrogens with zero attached hydrogens (tertiary/aromatic N) is 2. The Morgan fingerprint density at radius 2 is 1.78 bits per heavy atom. The Hall–Kier alpha value is -3.50. The van der Waals surface area contributed by atoms with Crippen LogP contribution in [0.3, 0.4) is 0 Å². The lowest BCUT2D eigenvalue weighted by molar-refractivity contribution is 0.0253. The minimum atomic E-state index is -1.04. The molecule has 41 heavy (non-hydrogen) atoms. The van der Waals surface area contributed by atoms with Gasteiger partial charge in [-0.3, -0.25) is 9.78 Å². The van der Waals surface area contributed by atoms with Crippen LogP contribution in [-0.4, -0.2) is 41.2 Å². The zero-order valence-electron chi connectivity index (χ0n) is 23.2. The van der Waals surface area contributed by atoms with Gasteiger partial charge in [-0.2, -0.15) is 0 Å². The number of hydrogen-bond acceptors (Lipinski definition) is 6. The van der Waals surface area contributed by atoms with Gasteiger partial charge in [-0.15, -0.1) is 0 Å². The summed E-state index contributed by atoms with van der Waals surface area (Å²) in [7, 11) is 0. The SMILES string of the molecule is CC(C)[C@@H]1C[C@H](N)C[C@H](c2ccncc2NC(=O)c2ccc(F)c(-c3c(F)cc(OC4CCOCC4)cc3F)n2)C1. The molecule has 7 nitrogen and oxygen atoms in total. The van der Waals surface area contributed by atoms with E-state index in [1.807, 2.05) is 6.07 Å². The number of halogens is 3. The summed E-state index contributed by atoms with van der Waals surface area (Å²) in [5.74, 6) is -2.63. The summed E-state index contributed by atoms with van der Waals surface area (Å²) < 4.78 is 56.0. The minimum Gasteiger partial charge on any atom is -0.490 e. The summed E-state index contributed by atoms with van der Waals surface area (Å²) >= 11 is 0. The van der Waals surface area contributed by atoms with Crippen LogP contribution in [0, 0.1) is 29.3 Å². The first-order chi connectivity index (χ1) is 19.7. The Labute approximate surface area is 237 Å². The van der Waals surface area contributed by atoms with Crippen molar-refractivity contribution in [3.8, 4) is 17.0 Å². The zero-order chi connectivity index (χ0) is 29.1. The lowest BCUT2D eigenvalue weighted by Crippen LogP contribution is -2.34. The molecule has 5 rings (SSSR count). The Balaban J connectivity index is 1.38. The van der Waals surface area contributed by atoms with Crippen LogP contribution in [-0.2, 0) is 4.74 Å². The number of ether oxygens (including phenoxy) is 2. The molecule has 10 heteroatoms. The third-order valence-electron chi connectivity index (χ3n) is 8.07. The molecule has 1 saturated heterocycles. The molecule has 1 amide bonds. The van der Waals surface area contributed by atoms with E-state index in [0.29, 0.717) is 43.6 Å². The molecule has 2 aliphatic rings. The molecule has 218 valence electrons. The van der Waals surface area contributed by atoms with Gasteiger partial charge in [-0.25, -0.2) is 18.2 Å². The smallest absolute Gasteiger partial charge is 0.274 e. The normalized spacial score (nSPS) is 21.6. The number of nitrogens with one attached hydrogen (secondary N) is 1. The summed E-state index contributed by atoms with van der Waals surface area (Å²) in [6, 6.07) is 6.07. The maximum Gasteiger partial charge on any atom is 0.274 e. The fourth-order valence-corrected chi connectivity index (χ4v) is 5.83. The lowest BCUT2D eigenvalue weighted by Gasteiger charge is -2.36. The molecule has 3 aromatic rings. The molecular weight excluding hydrogens is 533 g/mol. The number of hydrogen-bond donors (Lipinski definition) is 2. The van der Waals surface area contributed by atoms with Crippen LogP contribution in [0.15, 0.2) is 42.7 Å². The number of benzene rings is 1. The standard InChI is InChI=1S/C31H35F3N4O3/c1-17(2)18-11-19(13-20(35)12-18)23-5-8-36-16-28(23)38-31(39)27-4-3-24(32)30(37-27)29-25(33)14-22(15-26(29)34)41-21-6-9-40-10-7-21/h3-5,8,14-21H,6-7,9-13,35H2,1-2H3,(H,38,39)/t18-,19+,20-/m0/s1. The number of pyridine rings is 2. The topological polar surface area (TPSA) is 99.4 Å². The lowest BCUT2D eigenvalue weighted by atomic mass is 9.72. The van der Waals surface area contributed by atoms with Crippen molar-refractivity contribution < 1.29 is 27.4 Å². The molecule has 1 aliphatic carbocycles. The largest absolute Gasteiger partial charge is 0.490 e. The molecular formula is C31H35F3N4O3. The second kappa shape index (κ2) is 12.6. The van der Waals surface area contributed by atoms with Crippen LogP contribution in [0.4, 0.5) is 18.9 Å². The van der Waals surface area contributed by atoms with E-state index in [4.69, 9.17) is 15.2 Å². The number of nitrogens with two attached hydrogens (primary N) is 1. The van der Waals surface area contributed by atoms with Crippen molar-refractivity contribution in [2.24, 2.45) is 17.6 Å². The molecule has 0 unspecified atom stereocenters. The van der Waals surface area contributed by atoms with Crippen molar-refractivity contribution in [3.63, 3.8) is 0 Å². The fraction of sp³-hybridized carbons (Fsp3) is 0.452. The molecule has 3 N–H and O–H groups in total. The molecule has 2 aromatic heterocycles. The molecule has 3 heterocycles. The van der Waals surface area contributed by atoms with E-state index in [1.54, 1.807) is 12.4 Å². The molecule has 2 fully saturated rings. The number of carbonyl (C=O) groups excluding carboxylic acids is 1. The van der Waals surface area contributed by atoms with Crippen LogP contribution < -0.4 is 15.8 Å². The van der Waals surface area contributed by atoms with E-state index in [2.05, 4.69) is 29.1 Å². The third-order valence-corrected chi connectivity index (χ3v) is 8.07. The number of amides is 1. The van der Waals surface area contributed by atoms with Gasteiger partial charge in [0.2, 0.25) is 0 Å². The summed E-state index contributed by atoms with van der Waals surface area (Å²) in [6.07, 6.45) is 6.87. The molecule has 1 aromatic carbocycles. The number of aromatic nitrogens is 2. The first kappa shape index (κ1) is 29.0. The maximum atomic E-state index is 15.1. The Bertz CT molecular complexity index is 1370. The van der Waals surface area contributed by atoms with Gasteiger partial charge in [-0.05, 0) is 60.8 Å². The average molecular weight is 569 g/mol. The summed E-state index contributed by atoms with van der Waals surface area (Å²) in [6.45, 7) is 5.38. The van der Waals surface area contributed by atoms with E-state index >= 15 is 8.78 Å². The van der Waals surface area contributed by atoms with E-state index in [9.17, 15) is 9.18 Å². The van der Waals surface area contributed by atoms with Crippen LogP contribution in [0.1, 0.15) is 67.9 Å². The highest BCUT2D eigenvalue weighted by molar-refractivity contribution is 6.03. The third kappa shape index (κ3) is 6.70. The van der Waals surface area contributed by atoms with Gasteiger partial charge in [-0.1, -0.05) is 13.8 Å². The van der Waals surface area contributed by atoms with Gasteiger partial charge in [0.05, 0.1) is 30.7 Å². The molecule has 0 spiro atoms. The molecule has 3 atom stereocenters. The average Bonchev–Trinajstić information content (AvgIpc) is 2.94. The monoisotopic (exact) mass is 568 g/mol. The Kier molecular flexibility index (Phi) is 8.89. The minimum absolute atomic E-state index is 0.00352. The number of rotatable bonds is 7. The molecule has 0 bridgehead atoms. The Morgan fingerprint density at radius 3 is 2.49 bits per heavy atom. The van der Waals surface area contributed by atoms with Gasteiger partial charge in [0.25, 0.3) is 5.91 Å². The van der Waals surface area contributed by atoms with E-state index in [1.165, 1.54) is 6.07 Å². The first-order valence-electron chi connectivity index (χ1n) is 14.1. The second-order valence-corrected chi connectivity index (χ2v) is 11.3. The van der Waals surface area contributed by atoms with E-state index < -0.39 is 34.6 Å². The Morgan fingerprint density at radius 1 is 1.05 bits per heavy atom. The molecule has 1 aliphatic heterocycles. The highest BCUT2D eigenvalue weighted by Gasteiger charge is 2.31. The zero-order valence-corrected chi connectivity index (χ0v) is 23.2. The van der Waals surface area contributed by atoms with Gasteiger partial charge in [0.1, 0.15) is 40.7 Å². The van der Waals surface area contributed by atoms with E-state index in [-0.39, 0.29) is 29.5 Å². The van der Waals surface area contributed by atoms with Crippen molar-refractivity contribution in [3.05, 3.63) is 71.4 Å². The first-order valence-corrected chi connectivity index (χ1v) is 14.1. The van der Waals surface area contributed by atoms with Gasteiger partial charge >= 0.3 is 0 Å². The van der Waals surface area contributed by atoms with Crippen LogP contribution in [0.2, 0.25) is 0 Å². The predicted octanol–water partition coefficient (Wildman–Crippen LogP) is 6.24. The van der Waals surface area contributed by atoms with Crippen molar-refractivity contribution >= 4 is 11.6 Å². The van der Waals surface area contributed by atoms with Gasteiger partial charge in [0.15, 0.2) is 0 Å². The number of carbonyl (C=O) groups is 1. The quantitative estimate of drug-likeness (QED) is 0.350. The maximum absolute atomic E-state index is 15.1. The van der Waals surface area contributed by atoms with Crippen LogP contribution in [0.25, 0.3) is 11.3 Å². The van der Waals surface area contributed by atoms with E-state index in [0.717, 1.165) is 43.0 Å². The van der Waals surface area contributed by atoms with Crippen molar-refractivity contribution in [1.29, 1.82) is 0 Å². The molecule has 0 radical (unpaired) electrons. The molecule has 1 saturated carbocycles. The van der Waals surface area contributed by atoms with Crippen LogP contribution >= 0.6 is 0 Å². The van der Waals surface area contributed by atoms with Gasteiger partial charge < -0.3 is 20.5 Å². The highest BCUT2D eigenvalue weighted by atomic mass is 19.1. The van der Waals surface area contributed by atoms with Crippen molar-refractivity contribution in [2.45, 2.75) is 64.0 Å². The summed E-state index contributed by atoms with van der Waals surface area (Å²) in [5, 5.41) is 2.82. The summed E-state index contributed by atoms with van der Waals surface area (Å²) in [4.78, 5) is 21.5. The van der Waals surface area contributed by atoms with Crippen LogP contribution in [0.5, 0.6) is 5.75 Å². The summed E-state index contributed by atoms with van der Waals surface area (Å²) in [5.41, 5.74) is 6.32. The van der Waals surface area contributed by atoms with Gasteiger partial charge in [0, 0.05) is 37.2 Å².